The Bertz CT molecular complexity index is 970. The molecule has 4 heterocycles. The van der Waals surface area contributed by atoms with Crippen LogP contribution in [0.5, 0.6) is 5.88 Å². The average Bonchev–Trinajstić information content (AvgIpc) is 3.13. The number of aromatic nitrogens is 3. The van der Waals surface area contributed by atoms with E-state index in [1.807, 2.05) is 19.4 Å². The van der Waals surface area contributed by atoms with E-state index in [1.165, 1.54) is 0 Å². The second kappa shape index (κ2) is 9.27. The summed E-state index contributed by atoms with van der Waals surface area (Å²) in [7, 11) is 1.86. The number of carbonyl (C=O) groups excluding carboxylic acids is 1. The molecule has 8 nitrogen and oxygen atoms in total. The maximum absolute atomic E-state index is 12.4. The Kier molecular flexibility index (Phi) is 6.24. The average molecular weight is 440 g/mol. The molecule has 2 aromatic heterocycles. The molecule has 5 rings (SSSR count). The number of carbonyl (C=O) groups is 1. The number of fused-ring (bicyclic) bond motifs is 1. The van der Waals surface area contributed by atoms with Gasteiger partial charge in [-0.3, -0.25) is 4.79 Å². The molecule has 0 radical (unpaired) electrons. The van der Waals surface area contributed by atoms with Gasteiger partial charge in [-0.1, -0.05) is 0 Å². The SMILES string of the molecule is CN1CCC(Cc2ncc3c(OC4CCNCC4)ncc(C4CCC(O)CC4)c3n2)C1=O. The van der Waals surface area contributed by atoms with Crippen LogP contribution in [0.2, 0.25) is 0 Å². The first-order chi connectivity index (χ1) is 15.6. The van der Waals surface area contributed by atoms with Gasteiger partial charge in [-0.2, -0.15) is 0 Å². The number of piperidine rings is 1. The third kappa shape index (κ3) is 4.43. The third-order valence-electron chi connectivity index (χ3n) is 7.33. The Hall–Kier alpha value is -2.32. The Labute approximate surface area is 188 Å². The largest absolute Gasteiger partial charge is 0.474 e. The zero-order chi connectivity index (χ0) is 22.1. The van der Waals surface area contributed by atoms with Gasteiger partial charge < -0.3 is 20.1 Å². The minimum atomic E-state index is -0.205. The van der Waals surface area contributed by atoms with Crippen LogP contribution >= 0.6 is 0 Å². The molecule has 3 aliphatic rings. The van der Waals surface area contributed by atoms with Crippen molar-refractivity contribution in [2.24, 2.45) is 5.92 Å². The van der Waals surface area contributed by atoms with Crippen molar-refractivity contribution in [1.29, 1.82) is 0 Å². The number of nitrogens with zero attached hydrogens (tertiary/aromatic N) is 4. The van der Waals surface area contributed by atoms with Crippen molar-refractivity contribution in [3.8, 4) is 5.88 Å². The van der Waals surface area contributed by atoms with E-state index in [-0.39, 0.29) is 24.0 Å². The van der Waals surface area contributed by atoms with Crippen molar-refractivity contribution in [3.05, 3.63) is 23.8 Å². The van der Waals surface area contributed by atoms with E-state index >= 15 is 0 Å². The number of ether oxygens (including phenoxy) is 1. The van der Waals surface area contributed by atoms with Crippen molar-refractivity contribution >= 4 is 16.8 Å². The van der Waals surface area contributed by atoms with Crippen LogP contribution in [0.25, 0.3) is 10.9 Å². The highest BCUT2D eigenvalue weighted by molar-refractivity contribution is 5.86. The second-order valence-corrected chi connectivity index (χ2v) is 9.59. The number of nitrogens with one attached hydrogen (secondary N) is 1. The molecule has 2 N–H and O–H groups in total. The standard InChI is InChI=1S/C24H33N5O3/c1-29-11-8-16(24(29)31)12-21-26-14-20-22(28-21)19(15-2-4-17(30)5-3-15)13-27-23(20)32-18-6-9-25-10-7-18/h13-18,25,30H,2-12H2,1H3. The fourth-order valence-electron chi connectivity index (χ4n) is 5.31. The monoisotopic (exact) mass is 439 g/mol. The first kappa shape index (κ1) is 21.5. The molecule has 1 aliphatic carbocycles. The van der Waals surface area contributed by atoms with Crippen molar-refractivity contribution in [3.63, 3.8) is 0 Å². The van der Waals surface area contributed by atoms with Crippen molar-refractivity contribution < 1.29 is 14.6 Å². The van der Waals surface area contributed by atoms with E-state index in [9.17, 15) is 9.90 Å². The van der Waals surface area contributed by atoms with E-state index in [2.05, 4.69) is 10.3 Å². The molecule has 0 aromatic carbocycles. The summed E-state index contributed by atoms with van der Waals surface area (Å²) in [6, 6.07) is 0. The van der Waals surface area contributed by atoms with Crippen LogP contribution in [0.4, 0.5) is 0 Å². The van der Waals surface area contributed by atoms with Gasteiger partial charge >= 0.3 is 0 Å². The lowest BCUT2D eigenvalue weighted by atomic mass is 9.82. The van der Waals surface area contributed by atoms with Crippen molar-refractivity contribution in [2.45, 2.75) is 69.5 Å². The lowest BCUT2D eigenvalue weighted by Crippen LogP contribution is -2.34. The highest BCUT2D eigenvalue weighted by Crippen LogP contribution is 2.38. The normalized spacial score (nSPS) is 27.2. The van der Waals surface area contributed by atoms with Crippen LogP contribution in [-0.2, 0) is 11.2 Å². The smallest absolute Gasteiger partial charge is 0.225 e. The molecule has 1 unspecified atom stereocenters. The number of rotatable bonds is 5. The van der Waals surface area contributed by atoms with E-state index in [1.54, 1.807) is 4.90 Å². The van der Waals surface area contributed by atoms with Crippen LogP contribution in [0.15, 0.2) is 12.4 Å². The molecule has 8 heteroatoms. The lowest BCUT2D eigenvalue weighted by molar-refractivity contribution is -0.129. The fraction of sp³-hybridized carbons (Fsp3) is 0.667. The predicted molar refractivity (Wildman–Crippen MR) is 121 cm³/mol. The maximum Gasteiger partial charge on any atom is 0.225 e. The molecule has 2 saturated heterocycles. The van der Waals surface area contributed by atoms with Crippen molar-refractivity contribution in [1.82, 2.24) is 25.2 Å². The predicted octanol–water partition coefficient (Wildman–Crippen LogP) is 2.19. The van der Waals surface area contributed by atoms with E-state index in [4.69, 9.17) is 14.7 Å². The molecular weight excluding hydrogens is 406 g/mol. The molecule has 1 atom stereocenters. The summed E-state index contributed by atoms with van der Waals surface area (Å²) < 4.78 is 6.30. The van der Waals surface area contributed by atoms with Gasteiger partial charge in [-0.05, 0) is 64.0 Å². The van der Waals surface area contributed by atoms with Crippen LogP contribution in [-0.4, -0.2) is 69.8 Å². The fourth-order valence-corrected chi connectivity index (χ4v) is 5.31. The summed E-state index contributed by atoms with van der Waals surface area (Å²) in [5, 5.41) is 14.2. The van der Waals surface area contributed by atoms with E-state index in [0.717, 1.165) is 81.0 Å². The zero-order valence-corrected chi connectivity index (χ0v) is 18.8. The number of pyridine rings is 1. The summed E-state index contributed by atoms with van der Waals surface area (Å²) in [5.41, 5.74) is 2.01. The van der Waals surface area contributed by atoms with Gasteiger partial charge in [0, 0.05) is 43.9 Å². The zero-order valence-electron chi connectivity index (χ0n) is 18.8. The van der Waals surface area contributed by atoms with Gasteiger partial charge in [0.1, 0.15) is 11.9 Å². The number of aliphatic hydroxyl groups is 1. The lowest BCUT2D eigenvalue weighted by Gasteiger charge is -2.27. The molecule has 3 fully saturated rings. The third-order valence-corrected chi connectivity index (χ3v) is 7.33. The number of aliphatic hydroxyl groups excluding tert-OH is 1. The Morgan fingerprint density at radius 2 is 1.88 bits per heavy atom. The maximum atomic E-state index is 12.4. The highest BCUT2D eigenvalue weighted by atomic mass is 16.5. The Balaban J connectivity index is 1.48. The van der Waals surface area contributed by atoms with E-state index in [0.29, 0.717) is 24.0 Å². The molecule has 32 heavy (non-hydrogen) atoms. The van der Waals surface area contributed by atoms with Crippen LogP contribution in [0, 0.1) is 5.92 Å². The van der Waals surface area contributed by atoms with Crippen LogP contribution in [0.1, 0.15) is 62.3 Å². The Morgan fingerprint density at radius 1 is 1.09 bits per heavy atom. The molecule has 0 bridgehead atoms. The first-order valence-electron chi connectivity index (χ1n) is 12.0. The first-order valence-corrected chi connectivity index (χ1v) is 12.0. The number of hydrogen-bond donors (Lipinski definition) is 2. The quantitative estimate of drug-likeness (QED) is 0.737. The van der Waals surface area contributed by atoms with E-state index < -0.39 is 0 Å². The molecule has 1 amide bonds. The number of amides is 1. The van der Waals surface area contributed by atoms with Crippen LogP contribution in [0.3, 0.4) is 0 Å². The number of hydrogen-bond acceptors (Lipinski definition) is 7. The highest BCUT2D eigenvalue weighted by Gasteiger charge is 2.31. The molecular formula is C24H33N5O3. The number of likely N-dealkylation sites (tertiary alicyclic amines) is 1. The van der Waals surface area contributed by atoms with Gasteiger partial charge in [0.2, 0.25) is 11.8 Å². The summed E-state index contributed by atoms with van der Waals surface area (Å²) in [6.45, 7) is 2.70. The van der Waals surface area contributed by atoms with Gasteiger partial charge in [-0.15, -0.1) is 0 Å². The summed E-state index contributed by atoms with van der Waals surface area (Å²) in [4.78, 5) is 28.5. The molecule has 0 spiro atoms. The Morgan fingerprint density at radius 3 is 2.59 bits per heavy atom. The van der Waals surface area contributed by atoms with Crippen molar-refractivity contribution in [2.75, 3.05) is 26.7 Å². The topological polar surface area (TPSA) is 100 Å². The molecule has 172 valence electrons. The second-order valence-electron chi connectivity index (χ2n) is 9.59. The van der Waals surface area contributed by atoms with Gasteiger partial charge in [-0.25, -0.2) is 15.0 Å². The van der Waals surface area contributed by atoms with Crippen LogP contribution < -0.4 is 10.1 Å². The minimum absolute atomic E-state index is 0.0435. The van der Waals surface area contributed by atoms with Gasteiger partial charge in [0.15, 0.2) is 0 Å². The van der Waals surface area contributed by atoms with Gasteiger partial charge in [0.25, 0.3) is 0 Å². The summed E-state index contributed by atoms with van der Waals surface area (Å²) in [5.74, 6) is 1.78. The molecule has 2 aromatic rings. The molecule has 2 aliphatic heterocycles. The summed E-state index contributed by atoms with van der Waals surface area (Å²) >= 11 is 0. The molecule has 1 saturated carbocycles. The minimum Gasteiger partial charge on any atom is -0.474 e. The van der Waals surface area contributed by atoms with Gasteiger partial charge in [0.05, 0.1) is 17.0 Å². The summed E-state index contributed by atoms with van der Waals surface area (Å²) in [6.07, 6.45) is 10.5.